The Kier molecular flexibility index (Phi) is 3.59. The molecule has 1 aromatic carbocycles. The molecule has 1 aromatic rings. The van der Waals surface area contributed by atoms with Crippen LogP contribution in [0.3, 0.4) is 0 Å². The van der Waals surface area contributed by atoms with Crippen LogP contribution in [0, 0.1) is 0 Å². The van der Waals surface area contributed by atoms with E-state index in [1.807, 2.05) is 29.2 Å². The lowest BCUT2D eigenvalue weighted by Crippen LogP contribution is -2.47. The smallest absolute Gasteiger partial charge is 0.253 e. The summed E-state index contributed by atoms with van der Waals surface area (Å²) in [7, 11) is 2.08. The van der Waals surface area contributed by atoms with E-state index in [9.17, 15) is 4.79 Å². The number of carbonyl (C=O) groups excluding carboxylic acids is 1. The maximum Gasteiger partial charge on any atom is 0.253 e. The highest BCUT2D eigenvalue weighted by Crippen LogP contribution is 2.10. The van der Waals surface area contributed by atoms with Crippen molar-refractivity contribution in [2.24, 2.45) is 0 Å². The third-order valence-corrected chi connectivity index (χ3v) is 3.18. The SMILES string of the molecule is C=Cc1ccc(C(=O)N2CCN(C)CC2)cc1. The normalized spacial score (nSPS) is 16.9. The molecule has 0 spiro atoms. The number of benzene rings is 1. The van der Waals surface area contributed by atoms with Crippen LogP contribution < -0.4 is 0 Å². The Balaban J connectivity index is 2.06. The second-order valence-electron chi connectivity index (χ2n) is 4.42. The highest BCUT2D eigenvalue weighted by Gasteiger charge is 2.19. The van der Waals surface area contributed by atoms with Crippen LogP contribution in [0.1, 0.15) is 15.9 Å². The summed E-state index contributed by atoms with van der Waals surface area (Å²) in [5, 5.41) is 0. The van der Waals surface area contributed by atoms with Crippen LogP contribution in [-0.2, 0) is 0 Å². The van der Waals surface area contributed by atoms with Crippen molar-refractivity contribution in [3.63, 3.8) is 0 Å². The molecule has 1 aliphatic heterocycles. The first-order valence-electron chi connectivity index (χ1n) is 5.91. The molecule has 1 aliphatic rings. The van der Waals surface area contributed by atoms with E-state index >= 15 is 0 Å². The van der Waals surface area contributed by atoms with Crippen molar-refractivity contribution in [2.45, 2.75) is 0 Å². The van der Waals surface area contributed by atoms with Crippen molar-refractivity contribution in [3.05, 3.63) is 42.0 Å². The summed E-state index contributed by atoms with van der Waals surface area (Å²) in [4.78, 5) is 16.3. The zero-order valence-corrected chi connectivity index (χ0v) is 10.2. The van der Waals surface area contributed by atoms with Gasteiger partial charge >= 0.3 is 0 Å². The first-order valence-corrected chi connectivity index (χ1v) is 5.91. The molecule has 1 heterocycles. The van der Waals surface area contributed by atoms with Gasteiger partial charge in [-0.25, -0.2) is 0 Å². The highest BCUT2D eigenvalue weighted by molar-refractivity contribution is 5.94. The van der Waals surface area contributed by atoms with E-state index in [-0.39, 0.29) is 5.91 Å². The fourth-order valence-corrected chi connectivity index (χ4v) is 1.95. The summed E-state index contributed by atoms with van der Waals surface area (Å²) in [5.74, 6) is 0.133. The van der Waals surface area contributed by atoms with Gasteiger partial charge in [0.05, 0.1) is 0 Å². The predicted molar refractivity (Wildman–Crippen MR) is 69.9 cm³/mol. The Labute approximate surface area is 102 Å². The van der Waals surface area contributed by atoms with E-state index < -0.39 is 0 Å². The molecular formula is C14H18N2O. The van der Waals surface area contributed by atoms with E-state index in [1.165, 1.54) is 0 Å². The van der Waals surface area contributed by atoms with Crippen molar-refractivity contribution in [2.75, 3.05) is 33.2 Å². The number of rotatable bonds is 2. The zero-order chi connectivity index (χ0) is 12.3. The summed E-state index contributed by atoms with van der Waals surface area (Å²) in [6.45, 7) is 7.25. The second-order valence-corrected chi connectivity index (χ2v) is 4.42. The minimum absolute atomic E-state index is 0.133. The van der Waals surface area contributed by atoms with Crippen LogP contribution in [0.5, 0.6) is 0 Å². The maximum atomic E-state index is 12.2. The molecule has 1 saturated heterocycles. The van der Waals surface area contributed by atoms with Crippen LogP contribution in [0.15, 0.2) is 30.8 Å². The Hall–Kier alpha value is -1.61. The molecule has 1 amide bonds. The second kappa shape index (κ2) is 5.15. The molecule has 2 rings (SSSR count). The molecule has 3 nitrogen and oxygen atoms in total. The monoisotopic (exact) mass is 230 g/mol. The molecule has 0 bridgehead atoms. The summed E-state index contributed by atoms with van der Waals surface area (Å²) in [6, 6.07) is 7.60. The lowest BCUT2D eigenvalue weighted by atomic mass is 10.1. The highest BCUT2D eigenvalue weighted by atomic mass is 16.2. The van der Waals surface area contributed by atoms with Gasteiger partial charge in [-0.1, -0.05) is 24.8 Å². The van der Waals surface area contributed by atoms with Crippen molar-refractivity contribution in [1.29, 1.82) is 0 Å². The lowest BCUT2D eigenvalue weighted by molar-refractivity contribution is 0.0664. The van der Waals surface area contributed by atoms with E-state index in [0.29, 0.717) is 0 Å². The van der Waals surface area contributed by atoms with E-state index in [4.69, 9.17) is 0 Å². The van der Waals surface area contributed by atoms with Gasteiger partial charge in [0, 0.05) is 31.7 Å². The third-order valence-electron chi connectivity index (χ3n) is 3.18. The van der Waals surface area contributed by atoms with Crippen molar-refractivity contribution in [3.8, 4) is 0 Å². The summed E-state index contributed by atoms with van der Waals surface area (Å²) >= 11 is 0. The average Bonchev–Trinajstić information content (AvgIpc) is 2.39. The minimum Gasteiger partial charge on any atom is -0.336 e. The van der Waals surface area contributed by atoms with Crippen molar-refractivity contribution < 1.29 is 4.79 Å². The fraction of sp³-hybridized carbons (Fsp3) is 0.357. The number of hydrogen-bond donors (Lipinski definition) is 0. The van der Waals surface area contributed by atoms with Gasteiger partial charge in [-0.3, -0.25) is 4.79 Å². The molecule has 0 aliphatic carbocycles. The van der Waals surface area contributed by atoms with Gasteiger partial charge in [0.1, 0.15) is 0 Å². The number of likely N-dealkylation sites (N-methyl/N-ethyl adjacent to an activating group) is 1. The predicted octanol–water partition coefficient (Wildman–Crippen LogP) is 1.72. The molecular weight excluding hydrogens is 212 g/mol. The molecule has 3 heteroatoms. The summed E-state index contributed by atoms with van der Waals surface area (Å²) in [6.07, 6.45) is 1.78. The fourth-order valence-electron chi connectivity index (χ4n) is 1.95. The number of piperazine rings is 1. The largest absolute Gasteiger partial charge is 0.336 e. The average molecular weight is 230 g/mol. The molecule has 1 fully saturated rings. The van der Waals surface area contributed by atoms with Gasteiger partial charge in [-0.15, -0.1) is 0 Å². The Morgan fingerprint density at radius 2 is 1.76 bits per heavy atom. The lowest BCUT2D eigenvalue weighted by Gasteiger charge is -2.32. The molecule has 0 saturated carbocycles. The number of nitrogens with zero attached hydrogens (tertiary/aromatic N) is 2. The van der Waals surface area contributed by atoms with Gasteiger partial charge in [0.25, 0.3) is 5.91 Å². The van der Waals surface area contributed by atoms with Crippen LogP contribution in [0.2, 0.25) is 0 Å². The van der Waals surface area contributed by atoms with Crippen LogP contribution in [0.4, 0.5) is 0 Å². The molecule has 0 N–H and O–H groups in total. The molecule has 0 atom stereocenters. The third kappa shape index (κ3) is 2.74. The van der Waals surface area contributed by atoms with Crippen LogP contribution >= 0.6 is 0 Å². The molecule has 17 heavy (non-hydrogen) atoms. The first-order chi connectivity index (χ1) is 8.20. The number of amides is 1. The van der Waals surface area contributed by atoms with Gasteiger partial charge in [-0.2, -0.15) is 0 Å². The van der Waals surface area contributed by atoms with Gasteiger partial charge < -0.3 is 9.80 Å². The molecule has 90 valence electrons. The van der Waals surface area contributed by atoms with Gasteiger partial charge in [0.2, 0.25) is 0 Å². The number of carbonyl (C=O) groups is 1. The van der Waals surface area contributed by atoms with Crippen molar-refractivity contribution >= 4 is 12.0 Å². The first kappa shape index (κ1) is 11.9. The minimum atomic E-state index is 0.133. The quantitative estimate of drug-likeness (QED) is 0.772. The van der Waals surface area contributed by atoms with Crippen molar-refractivity contribution in [1.82, 2.24) is 9.80 Å². The summed E-state index contributed by atoms with van der Waals surface area (Å²) in [5.41, 5.74) is 1.81. The molecule has 0 radical (unpaired) electrons. The van der Waals surface area contributed by atoms with E-state index in [0.717, 1.165) is 37.3 Å². The van der Waals surface area contributed by atoms with Crippen LogP contribution in [0.25, 0.3) is 6.08 Å². The van der Waals surface area contributed by atoms with Gasteiger partial charge in [0.15, 0.2) is 0 Å². The standard InChI is InChI=1S/C14H18N2O/c1-3-12-4-6-13(7-5-12)14(17)16-10-8-15(2)9-11-16/h3-7H,1,8-11H2,2H3. The van der Waals surface area contributed by atoms with E-state index in [2.05, 4.69) is 18.5 Å². The number of hydrogen-bond acceptors (Lipinski definition) is 2. The maximum absolute atomic E-state index is 12.2. The van der Waals surface area contributed by atoms with E-state index in [1.54, 1.807) is 6.08 Å². The van der Waals surface area contributed by atoms with Gasteiger partial charge in [-0.05, 0) is 24.7 Å². The van der Waals surface area contributed by atoms with Crippen LogP contribution in [-0.4, -0.2) is 48.9 Å². The Morgan fingerprint density at radius 1 is 1.18 bits per heavy atom. The Bertz CT molecular complexity index is 403. The topological polar surface area (TPSA) is 23.6 Å². The molecule has 0 unspecified atom stereocenters. The summed E-state index contributed by atoms with van der Waals surface area (Å²) < 4.78 is 0. The zero-order valence-electron chi connectivity index (χ0n) is 10.2. The molecule has 0 aromatic heterocycles. The Morgan fingerprint density at radius 3 is 2.29 bits per heavy atom.